The van der Waals surface area contributed by atoms with Gasteiger partial charge in [-0.3, -0.25) is 9.59 Å². The maximum absolute atomic E-state index is 14.2. The Morgan fingerprint density at radius 1 is 1.00 bits per heavy atom. The van der Waals surface area contributed by atoms with Gasteiger partial charge in [0.25, 0.3) is 0 Å². The second kappa shape index (κ2) is 15.0. The molecule has 43 heavy (non-hydrogen) atoms. The number of nitrogens with one attached hydrogen (secondary N) is 1. The van der Waals surface area contributed by atoms with E-state index in [1.165, 1.54) is 0 Å². The molecular formula is C36H50N2O4S. The number of ether oxygens (including phenoxy) is 1. The molecule has 7 heteroatoms. The summed E-state index contributed by atoms with van der Waals surface area (Å²) in [7, 11) is 0. The van der Waals surface area contributed by atoms with Crippen LogP contribution in [0, 0.1) is 6.92 Å². The van der Waals surface area contributed by atoms with Crippen LogP contribution in [-0.4, -0.2) is 41.6 Å². The first-order chi connectivity index (χ1) is 20.2. The van der Waals surface area contributed by atoms with E-state index in [2.05, 4.69) is 46.9 Å². The summed E-state index contributed by atoms with van der Waals surface area (Å²) in [6, 6.07) is 15.1. The molecule has 2 aromatic carbocycles. The summed E-state index contributed by atoms with van der Waals surface area (Å²) in [5, 5.41) is 16.2. The van der Waals surface area contributed by atoms with E-state index in [-0.39, 0.29) is 29.1 Å². The maximum Gasteiger partial charge on any atom is 0.247 e. The molecule has 234 valence electrons. The molecule has 3 aromatic rings. The number of hydrogen-bond donors (Lipinski definition) is 2. The van der Waals surface area contributed by atoms with Gasteiger partial charge >= 0.3 is 0 Å². The zero-order valence-corrected chi connectivity index (χ0v) is 28.1. The van der Waals surface area contributed by atoms with Gasteiger partial charge in [0, 0.05) is 31.1 Å². The molecule has 0 aliphatic heterocycles. The van der Waals surface area contributed by atoms with Gasteiger partial charge in [0.1, 0.15) is 11.8 Å². The van der Waals surface area contributed by atoms with Crippen LogP contribution in [0.4, 0.5) is 0 Å². The molecule has 1 atom stereocenters. The average Bonchev–Trinajstić information content (AvgIpc) is 3.45. The molecule has 0 saturated heterocycles. The van der Waals surface area contributed by atoms with E-state index in [4.69, 9.17) is 4.74 Å². The molecular weight excluding hydrogens is 556 g/mol. The van der Waals surface area contributed by atoms with Gasteiger partial charge in [-0.1, -0.05) is 89.6 Å². The number of thiophene rings is 1. The Labute approximate surface area is 262 Å². The van der Waals surface area contributed by atoms with Crippen LogP contribution < -0.4 is 5.32 Å². The molecule has 0 radical (unpaired) electrons. The summed E-state index contributed by atoms with van der Waals surface area (Å²) in [5.41, 5.74) is 4.12. The molecule has 2 N–H and O–H groups in total. The van der Waals surface area contributed by atoms with Gasteiger partial charge in [0.05, 0.1) is 6.54 Å². The minimum atomic E-state index is -0.766. The molecule has 0 aliphatic carbocycles. The first kappa shape index (κ1) is 34.3. The number of phenolic OH excluding ortho intramolecular Hbond substituents is 1. The molecule has 1 heterocycles. The second-order valence-electron chi connectivity index (χ2n) is 13.3. The lowest BCUT2D eigenvalue weighted by Gasteiger charge is -2.32. The minimum absolute atomic E-state index is 0.0915. The number of nitrogens with zero attached hydrogens (tertiary/aromatic N) is 1. The van der Waals surface area contributed by atoms with E-state index in [0.29, 0.717) is 44.9 Å². The van der Waals surface area contributed by atoms with Gasteiger partial charge in [-0.15, -0.1) is 11.3 Å². The van der Waals surface area contributed by atoms with Crippen molar-refractivity contribution < 1.29 is 19.4 Å². The van der Waals surface area contributed by atoms with E-state index in [0.717, 1.165) is 32.7 Å². The Balaban J connectivity index is 1.95. The third-order valence-corrected chi connectivity index (χ3v) is 8.42. The number of carbonyl (C=O) groups excluding carboxylic acids is 2. The van der Waals surface area contributed by atoms with Crippen molar-refractivity contribution in [2.75, 3.05) is 19.8 Å². The van der Waals surface area contributed by atoms with Gasteiger partial charge in [-0.05, 0) is 71.2 Å². The molecule has 0 saturated carbocycles. The fourth-order valence-electron chi connectivity index (χ4n) is 5.12. The van der Waals surface area contributed by atoms with Crippen LogP contribution >= 0.6 is 11.3 Å². The van der Waals surface area contributed by atoms with Crippen LogP contribution in [0.15, 0.2) is 53.9 Å². The Hall–Kier alpha value is -3.16. The standard InChI is InChI=1S/C36H50N2O4S/c1-9-42-20-11-19-37-34(41)32(27-16-13-25(2)14-17-27)38(24-28-12-10-21-43-28)31(39)18-15-26-22-29(35(3,4)5)33(40)30(23-26)36(6,7)8/h10,12-14,16-17,21-23,32,40H,9,11,15,18-20,24H2,1-8H3,(H,37,41)/t32-/m0/s1. The van der Waals surface area contributed by atoms with E-state index in [1.54, 1.807) is 16.2 Å². The topological polar surface area (TPSA) is 78.9 Å². The lowest BCUT2D eigenvalue weighted by Crippen LogP contribution is -2.43. The summed E-state index contributed by atoms with van der Waals surface area (Å²) in [6.07, 6.45) is 1.44. The fraction of sp³-hybridized carbons (Fsp3) is 0.500. The summed E-state index contributed by atoms with van der Waals surface area (Å²) in [5.74, 6) is 0.0425. The third kappa shape index (κ3) is 9.67. The Bertz CT molecular complexity index is 1300. The van der Waals surface area contributed by atoms with E-state index >= 15 is 0 Å². The van der Waals surface area contributed by atoms with Crippen molar-refractivity contribution in [1.82, 2.24) is 10.2 Å². The first-order valence-corrected chi connectivity index (χ1v) is 16.2. The van der Waals surface area contributed by atoms with Crippen LogP contribution in [0.1, 0.15) is 100 Å². The summed E-state index contributed by atoms with van der Waals surface area (Å²) in [4.78, 5) is 30.7. The third-order valence-electron chi connectivity index (χ3n) is 7.56. The van der Waals surface area contributed by atoms with Gasteiger partial charge in [-0.25, -0.2) is 0 Å². The Morgan fingerprint density at radius 3 is 2.16 bits per heavy atom. The lowest BCUT2D eigenvalue weighted by atomic mass is 9.78. The second-order valence-corrected chi connectivity index (χ2v) is 14.3. The number of aryl methyl sites for hydroxylation is 2. The summed E-state index contributed by atoms with van der Waals surface area (Å²) < 4.78 is 5.44. The van der Waals surface area contributed by atoms with Crippen LogP contribution in [0.5, 0.6) is 5.75 Å². The highest BCUT2D eigenvalue weighted by Gasteiger charge is 2.32. The fourth-order valence-corrected chi connectivity index (χ4v) is 5.82. The molecule has 0 bridgehead atoms. The SMILES string of the molecule is CCOCCCNC(=O)[C@H](c1ccc(C)cc1)N(Cc1cccs1)C(=O)CCc1cc(C(C)(C)C)c(O)c(C(C)(C)C)c1. The number of benzene rings is 2. The van der Waals surface area contributed by atoms with Crippen LogP contribution in [0.3, 0.4) is 0 Å². The molecule has 6 nitrogen and oxygen atoms in total. The number of amides is 2. The molecule has 0 fully saturated rings. The number of aromatic hydroxyl groups is 1. The van der Waals surface area contributed by atoms with Crippen molar-refractivity contribution in [2.24, 2.45) is 0 Å². The number of phenols is 1. The quantitative estimate of drug-likeness (QED) is 0.196. The minimum Gasteiger partial charge on any atom is -0.507 e. The number of hydrogen-bond acceptors (Lipinski definition) is 5. The molecule has 0 spiro atoms. The van der Waals surface area contributed by atoms with Gasteiger partial charge < -0.3 is 20.1 Å². The van der Waals surface area contributed by atoms with Crippen molar-refractivity contribution in [2.45, 2.75) is 98.1 Å². The maximum atomic E-state index is 14.2. The molecule has 0 aliphatic rings. The largest absolute Gasteiger partial charge is 0.507 e. The van der Waals surface area contributed by atoms with Crippen molar-refractivity contribution in [3.63, 3.8) is 0 Å². The zero-order valence-electron chi connectivity index (χ0n) is 27.3. The predicted molar refractivity (Wildman–Crippen MR) is 177 cm³/mol. The highest BCUT2D eigenvalue weighted by Crippen LogP contribution is 2.40. The van der Waals surface area contributed by atoms with Crippen LogP contribution in [0.25, 0.3) is 0 Å². The molecule has 0 unspecified atom stereocenters. The Morgan fingerprint density at radius 2 is 1.63 bits per heavy atom. The summed E-state index contributed by atoms with van der Waals surface area (Å²) >= 11 is 1.58. The molecule has 3 rings (SSSR count). The van der Waals surface area contributed by atoms with Crippen LogP contribution in [-0.2, 0) is 38.1 Å². The first-order valence-electron chi connectivity index (χ1n) is 15.3. The highest BCUT2D eigenvalue weighted by atomic mass is 32.1. The molecule has 1 aromatic heterocycles. The number of carbonyl (C=O) groups is 2. The van der Waals surface area contributed by atoms with Crippen molar-refractivity contribution in [3.05, 3.63) is 86.6 Å². The normalized spacial score (nSPS) is 12.7. The predicted octanol–water partition coefficient (Wildman–Crippen LogP) is 7.60. The van der Waals surface area contributed by atoms with Gasteiger partial charge in [0.15, 0.2) is 0 Å². The van der Waals surface area contributed by atoms with Crippen molar-refractivity contribution in [3.8, 4) is 5.75 Å². The lowest BCUT2D eigenvalue weighted by molar-refractivity contribution is -0.141. The van der Waals surface area contributed by atoms with Gasteiger partial charge in [0.2, 0.25) is 11.8 Å². The number of rotatable bonds is 13. The van der Waals surface area contributed by atoms with Crippen LogP contribution in [0.2, 0.25) is 0 Å². The van der Waals surface area contributed by atoms with E-state index in [9.17, 15) is 14.7 Å². The smallest absolute Gasteiger partial charge is 0.247 e. The van der Waals surface area contributed by atoms with E-state index in [1.807, 2.05) is 67.8 Å². The zero-order chi connectivity index (χ0) is 31.8. The molecule has 2 amide bonds. The van der Waals surface area contributed by atoms with Crippen molar-refractivity contribution in [1.29, 1.82) is 0 Å². The van der Waals surface area contributed by atoms with E-state index < -0.39 is 6.04 Å². The Kier molecular flexibility index (Phi) is 12.0. The summed E-state index contributed by atoms with van der Waals surface area (Å²) in [6.45, 7) is 18.5. The monoisotopic (exact) mass is 606 g/mol. The highest BCUT2D eigenvalue weighted by molar-refractivity contribution is 7.09. The average molecular weight is 607 g/mol. The van der Waals surface area contributed by atoms with Gasteiger partial charge in [-0.2, -0.15) is 0 Å². The van der Waals surface area contributed by atoms with Crippen molar-refractivity contribution >= 4 is 23.2 Å².